The molecule has 0 saturated carbocycles. The van der Waals surface area contributed by atoms with Crippen LogP contribution in [0.1, 0.15) is 46.6 Å². The highest BCUT2D eigenvalue weighted by atomic mass is 32.1. The molecule has 1 aromatic carbocycles. The molecule has 0 bridgehead atoms. The molecular formula is C28H33N3O12S. The summed E-state index contributed by atoms with van der Waals surface area (Å²) in [6.45, 7) is 6.39. The quantitative estimate of drug-likeness (QED) is 0.0932. The number of carbonyl (C=O) groups is 4. The smallest absolute Gasteiger partial charge is 0.336 e. The molecule has 0 unspecified atom stereocenters. The molecule has 1 fully saturated rings. The Kier molecular flexibility index (Phi) is 11.8. The van der Waals surface area contributed by atoms with Crippen molar-refractivity contribution in [2.24, 2.45) is 10.8 Å². The monoisotopic (exact) mass is 635 g/mol. The number of carbonyl (C=O) groups excluding carboxylic acids is 4. The van der Waals surface area contributed by atoms with E-state index in [1.54, 1.807) is 18.2 Å². The zero-order chi connectivity index (χ0) is 32.6. The molecule has 0 radical (unpaired) electrons. The first-order valence-electron chi connectivity index (χ1n) is 13.4. The predicted octanol–water partition coefficient (Wildman–Crippen LogP) is 1.54. The van der Waals surface area contributed by atoms with Crippen LogP contribution >= 0.6 is 12.2 Å². The highest BCUT2D eigenvalue weighted by Crippen LogP contribution is 2.31. The molecule has 5 atom stereocenters. The average Bonchev–Trinajstić information content (AvgIpc) is 2.92. The summed E-state index contributed by atoms with van der Waals surface area (Å²) >= 11 is 5.23. The number of benzene rings is 1. The summed E-state index contributed by atoms with van der Waals surface area (Å²) in [6, 6.07) is 6.07. The molecule has 2 aromatic rings. The van der Waals surface area contributed by atoms with Gasteiger partial charge in [0, 0.05) is 44.7 Å². The van der Waals surface area contributed by atoms with Crippen molar-refractivity contribution in [1.29, 1.82) is 0 Å². The van der Waals surface area contributed by atoms with Crippen molar-refractivity contribution in [3.63, 3.8) is 0 Å². The van der Waals surface area contributed by atoms with E-state index in [2.05, 4.69) is 5.10 Å². The predicted molar refractivity (Wildman–Crippen MR) is 156 cm³/mol. The van der Waals surface area contributed by atoms with Gasteiger partial charge in [-0.1, -0.05) is 6.92 Å². The van der Waals surface area contributed by atoms with Gasteiger partial charge in [-0.2, -0.15) is 5.10 Å². The fraction of sp³-hybridized carbons (Fsp3) is 0.464. The number of nitrogens with zero attached hydrogens (tertiary/aromatic N) is 2. The van der Waals surface area contributed by atoms with Crippen LogP contribution in [-0.4, -0.2) is 84.1 Å². The summed E-state index contributed by atoms with van der Waals surface area (Å²) < 4.78 is 38.5. The maximum Gasteiger partial charge on any atom is 0.336 e. The highest BCUT2D eigenvalue weighted by molar-refractivity contribution is 7.80. The Labute approximate surface area is 257 Å². The Hall–Kier alpha value is -4.57. The lowest BCUT2D eigenvalue weighted by Gasteiger charge is -2.46. The van der Waals surface area contributed by atoms with Crippen molar-refractivity contribution in [2.45, 2.75) is 71.7 Å². The number of rotatable bonds is 11. The molecule has 44 heavy (non-hydrogen) atoms. The number of esters is 4. The van der Waals surface area contributed by atoms with Gasteiger partial charge in [-0.15, -0.1) is 0 Å². The summed E-state index contributed by atoms with van der Waals surface area (Å²) in [4.78, 5) is 60.3. The molecule has 1 aliphatic heterocycles. The molecule has 15 nitrogen and oxygen atoms in total. The second-order valence-corrected chi connectivity index (χ2v) is 9.96. The largest absolute Gasteiger partial charge is 0.494 e. The minimum Gasteiger partial charge on any atom is -0.494 e. The second kappa shape index (κ2) is 15.2. The molecule has 2 heterocycles. The maximum atomic E-state index is 12.3. The summed E-state index contributed by atoms with van der Waals surface area (Å²) in [5.74, 6) is -2.58. The standard InChI is InChI=1S/C28H33N3O12S/c1-6-9-37-19-7-8-21-20(11-19)18(10-23(36)42-21)12-30-31(28(29)44)27-26(41-17(5)35)25(40-16(4)34)24(39-15(3)33)22(43-27)13-38-14(2)32/h7-8,10-12,22,24-27H,6,9,13H2,1-5H3,(H2,29,44)/t22-,24-,25+,26-,27-/m1/s1. The topological polar surface area (TPSA) is 195 Å². The fourth-order valence-electron chi connectivity index (χ4n) is 4.36. The fourth-order valence-corrected chi connectivity index (χ4v) is 4.51. The highest BCUT2D eigenvalue weighted by Gasteiger charge is 2.54. The lowest BCUT2D eigenvalue weighted by Crippen LogP contribution is -2.66. The molecule has 1 aliphatic rings. The number of fused-ring (bicyclic) bond motifs is 1. The zero-order valence-corrected chi connectivity index (χ0v) is 25.5. The number of hydrazone groups is 1. The average molecular weight is 636 g/mol. The van der Waals surface area contributed by atoms with Gasteiger partial charge in [0.05, 0.1) is 12.8 Å². The van der Waals surface area contributed by atoms with Crippen molar-refractivity contribution < 1.29 is 52.0 Å². The van der Waals surface area contributed by atoms with E-state index in [-0.39, 0.29) is 16.3 Å². The third-order valence-corrected chi connectivity index (χ3v) is 6.16. The van der Waals surface area contributed by atoms with Crippen molar-refractivity contribution >= 4 is 58.4 Å². The first-order chi connectivity index (χ1) is 20.8. The first kappa shape index (κ1) is 33.9. The van der Waals surface area contributed by atoms with Crippen LogP contribution in [0.15, 0.2) is 38.6 Å². The minimum absolute atomic E-state index is 0.247. The molecule has 0 spiro atoms. The summed E-state index contributed by atoms with van der Waals surface area (Å²) in [5, 5.41) is 5.36. The lowest BCUT2D eigenvalue weighted by atomic mass is 9.97. The van der Waals surface area contributed by atoms with E-state index in [0.29, 0.717) is 17.7 Å². The zero-order valence-electron chi connectivity index (χ0n) is 24.7. The van der Waals surface area contributed by atoms with Crippen LogP contribution in [0.5, 0.6) is 5.75 Å². The summed E-state index contributed by atoms with van der Waals surface area (Å²) in [5.41, 5.74) is 5.88. The van der Waals surface area contributed by atoms with Crippen molar-refractivity contribution in [3.05, 3.63) is 40.2 Å². The number of nitrogens with two attached hydrogens (primary N) is 1. The van der Waals surface area contributed by atoms with Gasteiger partial charge in [0.2, 0.25) is 0 Å². The van der Waals surface area contributed by atoms with Crippen LogP contribution in [0.3, 0.4) is 0 Å². The SMILES string of the molecule is CCCOc1ccc2oc(=O)cc(C=NN(C(N)=S)[C@@H]3O[C@H](COC(C)=O)[C@@H](OC(C)=O)[C@H](OC(C)=O)[C@H]3OC(C)=O)c2c1. The number of hydrogen-bond donors (Lipinski definition) is 1. The van der Waals surface area contributed by atoms with Crippen LogP contribution in [0.25, 0.3) is 11.0 Å². The Morgan fingerprint density at radius 2 is 1.61 bits per heavy atom. The summed E-state index contributed by atoms with van der Waals surface area (Å²) in [7, 11) is 0. The van der Waals surface area contributed by atoms with Crippen LogP contribution in [0.2, 0.25) is 0 Å². The maximum absolute atomic E-state index is 12.3. The Bertz CT molecular complexity index is 1490. The minimum atomic E-state index is -1.51. The van der Waals surface area contributed by atoms with Gasteiger partial charge in [-0.25, -0.2) is 9.80 Å². The van der Waals surface area contributed by atoms with Gasteiger partial charge in [0.25, 0.3) is 0 Å². The lowest BCUT2D eigenvalue weighted by molar-refractivity contribution is -0.271. The number of hydrogen-bond acceptors (Lipinski definition) is 14. The summed E-state index contributed by atoms with van der Waals surface area (Å²) in [6.07, 6.45) is -5.13. The van der Waals surface area contributed by atoms with E-state index in [1.165, 1.54) is 12.3 Å². The first-order valence-corrected chi connectivity index (χ1v) is 13.8. The van der Waals surface area contributed by atoms with Crippen LogP contribution in [0.4, 0.5) is 0 Å². The van der Waals surface area contributed by atoms with Crippen LogP contribution < -0.4 is 16.1 Å². The van der Waals surface area contributed by atoms with E-state index in [9.17, 15) is 24.0 Å². The molecular weight excluding hydrogens is 602 g/mol. The molecule has 2 N–H and O–H groups in total. The number of thiocarbonyl (C=S) groups is 1. The third-order valence-electron chi connectivity index (χ3n) is 5.97. The molecule has 1 saturated heterocycles. The Morgan fingerprint density at radius 3 is 2.20 bits per heavy atom. The molecule has 0 amide bonds. The van der Waals surface area contributed by atoms with E-state index in [1.807, 2.05) is 6.92 Å². The van der Waals surface area contributed by atoms with Gasteiger partial charge in [0.1, 0.15) is 24.0 Å². The van der Waals surface area contributed by atoms with Gasteiger partial charge in [-0.3, -0.25) is 19.2 Å². The molecule has 1 aromatic heterocycles. The van der Waals surface area contributed by atoms with Gasteiger partial charge in [-0.05, 0) is 36.8 Å². The molecule has 0 aliphatic carbocycles. The third kappa shape index (κ3) is 8.97. The van der Waals surface area contributed by atoms with E-state index >= 15 is 0 Å². The van der Waals surface area contributed by atoms with Crippen molar-refractivity contribution in [3.8, 4) is 5.75 Å². The molecule has 16 heteroatoms. The van der Waals surface area contributed by atoms with E-state index in [0.717, 1.165) is 39.1 Å². The van der Waals surface area contributed by atoms with Crippen molar-refractivity contribution in [2.75, 3.05) is 13.2 Å². The van der Waals surface area contributed by atoms with E-state index < -0.39 is 66.8 Å². The van der Waals surface area contributed by atoms with E-state index in [4.69, 9.17) is 50.8 Å². The van der Waals surface area contributed by atoms with Gasteiger partial charge < -0.3 is 38.6 Å². The normalized spacial score (nSPS) is 21.3. The molecule has 238 valence electrons. The Balaban J connectivity index is 2.13. The Morgan fingerprint density at radius 1 is 0.977 bits per heavy atom. The van der Waals surface area contributed by atoms with Crippen molar-refractivity contribution in [1.82, 2.24) is 5.01 Å². The van der Waals surface area contributed by atoms with Crippen LogP contribution in [0, 0.1) is 0 Å². The number of ether oxygens (including phenoxy) is 6. The molecule has 3 rings (SSSR count). The van der Waals surface area contributed by atoms with Gasteiger partial charge in [0.15, 0.2) is 29.7 Å². The second-order valence-electron chi connectivity index (χ2n) is 9.54. The van der Waals surface area contributed by atoms with Crippen LogP contribution in [-0.2, 0) is 42.9 Å². The van der Waals surface area contributed by atoms with Gasteiger partial charge >= 0.3 is 29.5 Å².